The monoisotopic (exact) mass is 218 g/mol. The van der Waals surface area contributed by atoms with Gasteiger partial charge in [0.05, 0.1) is 0 Å². The third kappa shape index (κ3) is 5.10. The molecule has 3 nitrogen and oxygen atoms in total. The van der Waals surface area contributed by atoms with Crippen LogP contribution in [0.25, 0.3) is 0 Å². The van der Waals surface area contributed by atoms with Crippen LogP contribution in [0.1, 0.15) is 19.4 Å². The van der Waals surface area contributed by atoms with Gasteiger partial charge in [0, 0.05) is 12.4 Å². The largest absolute Gasteiger partial charge is 0.424 e. The van der Waals surface area contributed by atoms with E-state index in [2.05, 4.69) is 23.1 Å². The molecule has 1 heterocycles. The van der Waals surface area contributed by atoms with Crippen LogP contribution in [0.4, 0.5) is 0 Å². The molecule has 0 atom stereocenters. The minimum absolute atomic E-state index is 0.309. The summed E-state index contributed by atoms with van der Waals surface area (Å²) in [5.74, 6) is 0.573. The second-order valence-corrected chi connectivity index (χ2v) is 2.65. The van der Waals surface area contributed by atoms with Crippen LogP contribution in [-0.2, 0) is 0 Å². The van der Waals surface area contributed by atoms with Crippen molar-refractivity contribution in [1.29, 1.82) is 0 Å². The first-order chi connectivity index (χ1) is 7.76. The summed E-state index contributed by atoms with van der Waals surface area (Å²) in [5, 5.41) is 0. The van der Waals surface area contributed by atoms with E-state index >= 15 is 0 Å². The predicted octanol–water partition coefficient (Wildman–Crippen LogP) is 3.45. The minimum atomic E-state index is 0.309. The lowest BCUT2D eigenvalue weighted by molar-refractivity contribution is 0.407. The molecule has 0 N–H and O–H groups in total. The van der Waals surface area contributed by atoms with Crippen LogP contribution in [-0.4, -0.2) is 9.97 Å². The summed E-state index contributed by atoms with van der Waals surface area (Å²) in [4.78, 5) is 7.98. The van der Waals surface area contributed by atoms with Gasteiger partial charge in [-0.3, -0.25) is 0 Å². The molecule has 16 heavy (non-hydrogen) atoms. The first kappa shape index (κ1) is 14.1. The van der Waals surface area contributed by atoms with E-state index in [0.717, 1.165) is 5.56 Å². The molecule has 0 amide bonds. The van der Waals surface area contributed by atoms with Crippen LogP contribution in [0, 0.1) is 6.92 Å². The Labute approximate surface area is 97.2 Å². The van der Waals surface area contributed by atoms with Crippen molar-refractivity contribution in [3.63, 3.8) is 0 Å². The zero-order chi connectivity index (χ0) is 12.4. The smallest absolute Gasteiger partial charge is 0.321 e. The average molecular weight is 218 g/mol. The number of allylic oxidation sites excluding steroid dienone is 3. The Morgan fingerprint density at radius 2 is 1.81 bits per heavy atom. The van der Waals surface area contributed by atoms with E-state index in [-0.39, 0.29) is 0 Å². The molecule has 3 heteroatoms. The SMILES string of the molecule is C=C/C=C(\C=C)Oc1ncc(C)cn1.CC. The molecule has 0 aliphatic carbocycles. The fourth-order valence-corrected chi connectivity index (χ4v) is 0.799. The van der Waals surface area contributed by atoms with Crippen LogP contribution in [0.2, 0.25) is 0 Å². The van der Waals surface area contributed by atoms with Gasteiger partial charge in [-0.05, 0) is 24.6 Å². The third-order valence-corrected chi connectivity index (χ3v) is 1.45. The maximum absolute atomic E-state index is 5.31. The topological polar surface area (TPSA) is 35.0 Å². The Morgan fingerprint density at radius 3 is 2.25 bits per heavy atom. The van der Waals surface area contributed by atoms with Crippen LogP contribution in [0.5, 0.6) is 6.01 Å². The number of aromatic nitrogens is 2. The summed E-state index contributed by atoms with van der Waals surface area (Å²) in [6, 6.07) is 0.309. The highest BCUT2D eigenvalue weighted by molar-refractivity contribution is 5.18. The Hall–Kier alpha value is -1.90. The first-order valence-corrected chi connectivity index (χ1v) is 5.18. The van der Waals surface area contributed by atoms with Gasteiger partial charge in [0.15, 0.2) is 0 Å². The number of ether oxygens (including phenoxy) is 1. The number of rotatable bonds is 4. The van der Waals surface area contributed by atoms with E-state index in [4.69, 9.17) is 4.74 Å². The van der Waals surface area contributed by atoms with Gasteiger partial charge in [-0.2, -0.15) is 0 Å². The molecule has 0 aliphatic rings. The van der Waals surface area contributed by atoms with Crippen LogP contribution >= 0.6 is 0 Å². The van der Waals surface area contributed by atoms with E-state index < -0.39 is 0 Å². The number of nitrogens with zero attached hydrogens (tertiary/aromatic N) is 2. The van der Waals surface area contributed by atoms with E-state index in [1.807, 2.05) is 20.8 Å². The molecule has 0 saturated heterocycles. The molecule has 0 spiro atoms. The average Bonchev–Trinajstić information content (AvgIpc) is 2.34. The molecule has 0 radical (unpaired) electrons. The van der Waals surface area contributed by atoms with Crippen molar-refractivity contribution in [2.24, 2.45) is 0 Å². The van der Waals surface area contributed by atoms with Crippen molar-refractivity contribution in [2.45, 2.75) is 20.8 Å². The summed E-state index contributed by atoms with van der Waals surface area (Å²) < 4.78 is 5.31. The van der Waals surface area contributed by atoms with Crippen molar-refractivity contribution < 1.29 is 4.74 Å². The quantitative estimate of drug-likeness (QED) is 0.573. The van der Waals surface area contributed by atoms with Crippen LogP contribution in [0.3, 0.4) is 0 Å². The van der Waals surface area contributed by atoms with Crippen LogP contribution in [0.15, 0.2) is 49.5 Å². The second-order valence-electron chi connectivity index (χ2n) is 2.65. The molecule has 0 aliphatic heterocycles. The third-order valence-electron chi connectivity index (χ3n) is 1.45. The molecule has 0 bridgehead atoms. The highest BCUT2D eigenvalue weighted by Gasteiger charge is 1.97. The van der Waals surface area contributed by atoms with Crippen molar-refractivity contribution in [2.75, 3.05) is 0 Å². The summed E-state index contributed by atoms with van der Waals surface area (Å²) in [6.07, 6.45) is 8.26. The van der Waals surface area contributed by atoms with E-state index in [1.54, 1.807) is 30.6 Å². The summed E-state index contributed by atoms with van der Waals surface area (Å²) in [5.41, 5.74) is 0.991. The van der Waals surface area contributed by atoms with Gasteiger partial charge < -0.3 is 4.74 Å². The van der Waals surface area contributed by atoms with Gasteiger partial charge in [0.25, 0.3) is 0 Å². The molecule has 0 saturated carbocycles. The molecule has 1 aromatic heterocycles. The summed E-state index contributed by atoms with van der Waals surface area (Å²) in [6.45, 7) is 13.1. The molecule has 0 aromatic carbocycles. The molecule has 0 unspecified atom stereocenters. The Balaban J connectivity index is 0.00000106. The molecule has 1 aromatic rings. The van der Waals surface area contributed by atoms with E-state index in [1.165, 1.54) is 0 Å². The normalized spacial score (nSPS) is 9.81. The predicted molar refractivity (Wildman–Crippen MR) is 67.2 cm³/mol. The maximum Gasteiger partial charge on any atom is 0.321 e. The maximum atomic E-state index is 5.31. The zero-order valence-corrected chi connectivity index (χ0v) is 10.1. The molecular formula is C13H18N2O. The summed E-state index contributed by atoms with van der Waals surface area (Å²) in [7, 11) is 0. The Bertz CT molecular complexity index is 353. The highest BCUT2D eigenvalue weighted by Crippen LogP contribution is 2.07. The number of aryl methyl sites for hydroxylation is 1. The Morgan fingerprint density at radius 1 is 1.25 bits per heavy atom. The van der Waals surface area contributed by atoms with Crippen LogP contribution < -0.4 is 4.74 Å². The van der Waals surface area contributed by atoms with Gasteiger partial charge in [-0.15, -0.1) is 0 Å². The number of hydrogen-bond acceptors (Lipinski definition) is 3. The van der Waals surface area contributed by atoms with Crippen molar-refractivity contribution >= 4 is 0 Å². The lowest BCUT2D eigenvalue weighted by Gasteiger charge is -2.02. The van der Waals surface area contributed by atoms with Gasteiger partial charge in [-0.1, -0.05) is 33.1 Å². The van der Waals surface area contributed by atoms with Crippen molar-refractivity contribution in [3.8, 4) is 6.01 Å². The van der Waals surface area contributed by atoms with E-state index in [9.17, 15) is 0 Å². The highest BCUT2D eigenvalue weighted by atomic mass is 16.5. The Kier molecular flexibility index (Phi) is 7.41. The van der Waals surface area contributed by atoms with Gasteiger partial charge in [0.2, 0.25) is 0 Å². The van der Waals surface area contributed by atoms with Gasteiger partial charge >= 0.3 is 6.01 Å². The fraction of sp³-hybridized carbons (Fsp3) is 0.231. The minimum Gasteiger partial charge on any atom is -0.424 e. The second kappa shape index (κ2) is 8.41. The molecular weight excluding hydrogens is 200 g/mol. The molecule has 1 rings (SSSR count). The molecule has 86 valence electrons. The first-order valence-electron chi connectivity index (χ1n) is 5.18. The van der Waals surface area contributed by atoms with Crippen molar-refractivity contribution in [1.82, 2.24) is 9.97 Å². The fourth-order valence-electron chi connectivity index (χ4n) is 0.799. The lowest BCUT2D eigenvalue weighted by atomic mass is 10.4. The van der Waals surface area contributed by atoms with Gasteiger partial charge in [-0.25, -0.2) is 9.97 Å². The number of hydrogen-bond donors (Lipinski definition) is 0. The lowest BCUT2D eigenvalue weighted by Crippen LogP contribution is -1.96. The van der Waals surface area contributed by atoms with E-state index in [0.29, 0.717) is 11.8 Å². The zero-order valence-electron chi connectivity index (χ0n) is 10.1. The van der Waals surface area contributed by atoms with Gasteiger partial charge in [0.1, 0.15) is 5.76 Å². The standard InChI is InChI=1S/C11H12N2O.C2H6/c1-4-6-10(5-2)14-11-12-7-9(3)8-13-11;1-2/h4-8H,1-2H2,3H3;1-2H3/b10-6+;. The van der Waals surface area contributed by atoms with Crippen molar-refractivity contribution in [3.05, 3.63) is 55.1 Å². The molecule has 0 fully saturated rings. The summed E-state index contributed by atoms with van der Waals surface area (Å²) >= 11 is 0.